The molecule has 0 aromatic heterocycles. The van der Waals surface area contributed by atoms with Crippen LogP contribution in [0.3, 0.4) is 0 Å². The highest BCUT2D eigenvalue weighted by Gasteiger charge is 2.31. The summed E-state index contributed by atoms with van der Waals surface area (Å²) in [4.78, 5) is 24.1. The van der Waals surface area contributed by atoms with E-state index in [4.69, 9.17) is 23.2 Å². The normalized spacial score (nSPS) is 11.1. The third-order valence-corrected chi connectivity index (χ3v) is 4.47. The second-order valence-corrected chi connectivity index (χ2v) is 7.03. The van der Waals surface area contributed by atoms with Gasteiger partial charge in [-0.1, -0.05) is 53.5 Å². The first-order valence-electron chi connectivity index (χ1n) is 8.42. The number of amides is 3. The van der Waals surface area contributed by atoms with Gasteiger partial charge < -0.3 is 15.5 Å². The van der Waals surface area contributed by atoms with Crippen LogP contribution in [0.2, 0.25) is 10.0 Å². The predicted octanol–water partition coefficient (Wildman–Crippen LogP) is 4.48. The highest BCUT2D eigenvalue weighted by molar-refractivity contribution is 6.36. The molecule has 0 aliphatic heterocycles. The Balaban J connectivity index is 1.95. The summed E-state index contributed by atoms with van der Waals surface area (Å²) >= 11 is 12.2. The molecule has 2 N–H and O–H groups in total. The monoisotopic (exact) mass is 447 g/mol. The van der Waals surface area contributed by atoms with E-state index in [1.54, 1.807) is 30.3 Å². The molecule has 0 spiro atoms. The number of rotatable bonds is 6. The van der Waals surface area contributed by atoms with Gasteiger partial charge in [-0.05, 0) is 23.3 Å². The van der Waals surface area contributed by atoms with E-state index in [0.29, 0.717) is 14.9 Å². The quantitative estimate of drug-likeness (QED) is 0.685. The molecule has 0 aliphatic carbocycles. The molecule has 0 radical (unpaired) electrons. The molecule has 3 amide bonds. The third kappa shape index (κ3) is 7.14. The molecular weight excluding hydrogens is 430 g/mol. The minimum atomic E-state index is -4.50. The summed E-state index contributed by atoms with van der Waals surface area (Å²) in [5.41, 5.74) is 2.28. The molecule has 0 saturated carbocycles. The van der Waals surface area contributed by atoms with E-state index in [1.807, 2.05) is 12.1 Å². The van der Waals surface area contributed by atoms with Gasteiger partial charge >= 0.3 is 12.2 Å². The Kier molecular flexibility index (Phi) is 7.75. The van der Waals surface area contributed by atoms with Gasteiger partial charge in [0, 0.05) is 29.2 Å². The molecule has 2 rings (SSSR count). The number of carbonyl (C=O) groups excluding carboxylic acids is 2. The van der Waals surface area contributed by atoms with Crippen LogP contribution in [-0.2, 0) is 11.3 Å². The second-order valence-electron chi connectivity index (χ2n) is 6.18. The average molecular weight is 448 g/mol. The fourth-order valence-corrected chi connectivity index (χ4v) is 3.04. The molecule has 0 aliphatic rings. The van der Waals surface area contributed by atoms with Crippen molar-refractivity contribution in [2.24, 2.45) is 0 Å². The molecule has 5 nitrogen and oxygen atoms in total. The van der Waals surface area contributed by atoms with Crippen molar-refractivity contribution in [1.82, 2.24) is 15.5 Å². The number of urea groups is 1. The number of carbonyl (C=O) groups is 2. The van der Waals surface area contributed by atoms with Gasteiger partial charge in [0.1, 0.15) is 6.54 Å². The van der Waals surface area contributed by atoms with E-state index >= 15 is 0 Å². The number of nitrogens with zero attached hydrogens (tertiary/aromatic N) is 1. The molecule has 0 atom stereocenters. The van der Waals surface area contributed by atoms with Gasteiger partial charge in [-0.2, -0.15) is 13.2 Å². The summed E-state index contributed by atoms with van der Waals surface area (Å²) < 4.78 is 36.9. The summed E-state index contributed by atoms with van der Waals surface area (Å²) in [5.74, 6) is -0.856. The van der Waals surface area contributed by atoms with Crippen LogP contribution in [0.15, 0.2) is 42.5 Å². The van der Waals surface area contributed by atoms with E-state index in [9.17, 15) is 22.8 Å². The van der Waals surface area contributed by atoms with Gasteiger partial charge in [0.25, 0.3) is 0 Å². The van der Waals surface area contributed by atoms with Crippen molar-refractivity contribution in [2.45, 2.75) is 12.7 Å². The van der Waals surface area contributed by atoms with Crippen molar-refractivity contribution in [2.75, 3.05) is 20.1 Å². The standard InChI is InChI=1S/C19H18Cl2F3N3O2/c1-27(11-19(22,23)24)17(28)10-26-18(29)25-9-12-4-2-3-5-14(12)15-7-6-13(20)8-16(15)21/h2-8H,9-11H2,1H3,(H2,25,26,29). The van der Waals surface area contributed by atoms with Crippen molar-refractivity contribution >= 4 is 35.1 Å². The SMILES string of the molecule is CN(CC(F)(F)F)C(=O)CNC(=O)NCc1ccccc1-c1ccc(Cl)cc1Cl. The van der Waals surface area contributed by atoms with Crippen LogP contribution in [0.4, 0.5) is 18.0 Å². The van der Waals surface area contributed by atoms with Gasteiger partial charge in [0.15, 0.2) is 0 Å². The van der Waals surface area contributed by atoms with Gasteiger partial charge in [-0.25, -0.2) is 4.79 Å². The van der Waals surface area contributed by atoms with E-state index in [1.165, 1.54) is 0 Å². The van der Waals surface area contributed by atoms with Crippen LogP contribution in [0.5, 0.6) is 0 Å². The number of benzene rings is 2. The molecule has 10 heteroatoms. The summed E-state index contributed by atoms with van der Waals surface area (Å²) in [6.45, 7) is -1.82. The van der Waals surface area contributed by atoms with Gasteiger partial charge in [-0.3, -0.25) is 4.79 Å². The van der Waals surface area contributed by atoms with E-state index in [2.05, 4.69) is 10.6 Å². The number of nitrogens with one attached hydrogen (secondary N) is 2. The first-order valence-corrected chi connectivity index (χ1v) is 9.18. The topological polar surface area (TPSA) is 61.4 Å². The minimum absolute atomic E-state index is 0.119. The van der Waals surface area contributed by atoms with Gasteiger partial charge in [0.2, 0.25) is 5.91 Å². The number of likely N-dealkylation sites (N-methyl/N-ethyl adjacent to an activating group) is 1. The first-order chi connectivity index (χ1) is 13.6. The summed E-state index contributed by atoms with van der Waals surface area (Å²) in [5, 5.41) is 5.76. The number of hydrogen-bond donors (Lipinski definition) is 2. The van der Waals surface area contributed by atoms with Crippen LogP contribution in [0.1, 0.15) is 5.56 Å². The predicted molar refractivity (Wildman–Crippen MR) is 106 cm³/mol. The fraction of sp³-hybridized carbons (Fsp3) is 0.263. The lowest BCUT2D eigenvalue weighted by molar-refractivity contribution is -0.157. The largest absolute Gasteiger partial charge is 0.406 e. The lowest BCUT2D eigenvalue weighted by Crippen LogP contribution is -2.44. The number of hydrogen-bond acceptors (Lipinski definition) is 2. The molecule has 0 heterocycles. The lowest BCUT2D eigenvalue weighted by atomic mass is 9.99. The number of halogens is 5. The first kappa shape index (κ1) is 22.8. The summed E-state index contributed by atoms with van der Waals surface area (Å²) in [6, 6.07) is 11.6. The zero-order chi connectivity index (χ0) is 21.6. The molecule has 0 bridgehead atoms. The smallest absolute Gasteiger partial charge is 0.335 e. The van der Waals surface area contributed by atoms with Crippen molar-refractivity contribution in [3.05, 3.63) is 58.1 Å². The van der Waals surface area contributed by atoms with Crippen molar-refractivity contribution in [3.8, 4) is 11.1 Å². The summed E-state index contributed by atoms with van der Waals surface area (Å²) in [7, 11) is 1.02. The Morgan fingerprint density at radius 3 is 2.38 bits per heavy atom. The molecule has 2 aromatic carbocycles. The molecular formula is C19H18Cl2F3N3O2. The Hall–Kier alpha value is -2.45. The maximum atomic E-state index is 12.3. The highest BCUT2D eigenvalue weighted by Crippen LogP contribution is 2.32. The van der Waals surface area contributed by atoms with E-state index in [-0.39, 0.29) is 6.54 Å². The van der Waals surface area contributed by atoms with E-state index in [0.717, 1.165) is 23.7 Å². The van der Waals surface area contributed by atoms with Crippen LogP contribution in [-0.4, -0.2) is 43.2 Å². The average Bonchev–Trinajstić information content (AvgIpc) is 2.63. The van der Waals surface area contributed by atoms with Crippen LogP contribution in [0.25, 0.3) is 11.1 Å². The fourth-order valence-electron chi connectivity index (χ4n) is 2.53. The van der Waals surface area contributed by atoms with Crippen LogP contribution in [0, 0.1) is 0 Å². The minimum Gasteiger partial charge on any atom is -0.335 e. The maximum Gasteiger partial charge on any atom is 0.406 e. The van der Waals surface area contributed by atoms with Crippen molar-refractivity contribution in [3.63, 3.8) is 0 Å². The highest BCUT2D eigenvalue weighted by atomic mass is 35.5. The summed E-state index contributed by atoms with van der Waals surface area (Å²) in [6.07, 6.45) is -4.50. The number of alkyl halides is 3. The van der Waals surface area contributed by atoms with Crippen LogP contribution >= 0.6 is 23.2 Å². The molecule has 156 valence electrons. The Labute approximate surface area is 175 Å². The Morgan fingerprint density at radius 1 is 1.03 bits per heavy atom. The van der Waals surface area contributed by atoms with Gasteiger partial charge in [-0.15, -0.1) is 0 Å². The zero-order valence-corrected chi connectivity index (χ0v) is 16.8. The van der Waals surface area contributed by atoms with E-state index < -0.39 is 31.2 Å². The maximum absolute atomic E-state index is 12.3. The second kappa shape index (κ2) is 9.84. The third-order valence-electron chi connectivity index (χ3n) is 3.92. The van der Waals surface area contributed by atoms with Crippen LogP contribution < -0.4 is 10.6 Å². The Bertz CT molecular complexity index is 891. The van der Waals surface area contributed by atoms with Crippen molar-refractivity contribution in [1.29, 1.82) is 0 Å². The zero-order valence-electron chi connectivity index (χ0n) is 15.3. The van der Waals surface area contributed by atoms with Crippen molar-refractivity contribution < 1.29 is 22.8 Å². The van der Waals surface area contributed by atoms with Gasteiger partial charge in [0.05, 0.1) is 6.54 Å². The molecule has 0 saturated heterocycles. The molecule has 0 fully saturated rings. The Morgan fingerprint density at radius 2 is 1.72 bits per heavy atom. The lowest BCUT2D eigenvalue weighted by Gasteiger charge is -2.19. The molecule has 0 unspecified atom stereocenters. The molecule has 2 aromatic rings. The molecule has 29 heavy (non-hydrogen) atoms.